The van der Waals surface area contributed by atoms with Crippen LogP contribution in [0.1, 0.15) is 15.9 Å². The highest BCUT2D eigenvalue weighted by atomic mass is 79.9. The van der Waals surface area contributed by atoms with E-state index in [0.717, 1.165) is 5.56 Å². The molecule has 13 heavy (non-hydrogen) atoms. The van der Waals surface area contributed by atoms with Crippen molar-refractivity contribution in [3.8, 4) is 11.5 Å². The molecule has 0 aliphatic carbocycles. The van der Waals surface area contributed by atoms with E-state index < -0.39 is 0 Å². The minimum absolute atomic E-state index is 0.0479. The van der Waals surface area contributed by atoms with Crippen molar-refractivity contribution in [2.75, 3.05) is 7.11 Å². The number of phenols is 1. The van der Waals surface area contributed by atoms with E-state index in [4.69, 9.17) is 4.74 Å². The first kappa shape index (κ1) is 10.1. The molecule has 0 radical (unpaired) electrons. The lowest BCUT2D eigenvalue weighted by Crippen LogP contribution is -1.92. The van der Waals surface area contributed by atoms with Gasteiger partial charge in [-0.15, -0.1) is 0 Å². The van der Waals surface area contributed by atoms with Crippen molar-refractivity contribution in [2.24, 2.45) is 0 Å². The summed E-state index contributed by atoms with van der Waals surface area (Å²) in [6.07, 6.45) is 0.585. The lowest BCUT2D eigenvalue weighted by molar-refractivity contribution is 0.112. The Morgan fingerprint density at radius 2 is 2.23 bits per heavy atom. The lowest BCUT2D eigenvalue weighted by Gasteiger charge is -2.09. The Bertz CT molecular complexity index is 347. The molecule has 0 saturated carbocycles. The number of carbonyl (C=O) groups is 1. The summed E-state index contributed by atoms with van der Waals surface area (Å²) in [5, 5.41) is 9.46. The van der Waals surface area contributed by atoms with E-state index in [1.165, 1.54) is 13.2 Å². The molecule has 1 rings (SSSR count). The van der Waals surface area contributed by atoms with Gasteiger partial charge in [0.25, 0.3) is 0 Å². The number of carbonyl (C=O) groups excluding carboxylic acids is 1. The van der Waals surface area contributed by atoms with Gasteiger partial charge in [0.2, 0.25) is 0 Å². The normalized spacial score (nSPS) is 9.77. The van der Waals surface area contributed by atoms with Crippen LogP contribution in [0.3, 0.4) is 0 Å². The van der Waals surface area contributed by atoms with Gasteiger partial charge in [0.1, 0.15) is 11.5 Å². The molecule has 0 bridgehead atoms. The molecule has 0 aromatic heterocycles. The van der Waals surface area contributed by atoms with Crippen LogP contribution in [0.15, 0.2) is 10.5 Å². The third-order valence-corrected chi connectivity index (χ3v) is 2.78. The van der Waals surface area contributed by atoms with Crippen LogP contribution < -0.4 is 4.74 Å². The van der Waals surface area contributed by atoms with Crippen molar-refractivity contribution >= 4 is 22.2 Å². The van der Waals surface area contributed by atoms with Gasteiger partial charge in [-0.2, -0.15) is 0 Å². The third-order valence-electron chi connectivity index (χ3n) is 1.81. The van der Waals surface area contributed by atoms with Gasteiger partial charge in [0.15, 0.2) is 6.29 Å². The maximum atomic E-state index is 10.5. The summed E-state index contributed by atoms with van der Waals surface area (Å²) in [7, 11) is 1.51. The minimum atomic E-state index is -0.0479. The molecular formula is C9H9BrO3. The van der Waals surface area contributed by atoms with Gasteiger partial charge in [0, 0.05) is 5.56 Å². The predicted molar refractivity (Wildman–Crippen MR) is 52.5 cm³/mol. The van der Waals surface area contributed by atoms with Crippen LogP contribution in [0.5, 0.6) is 11.5 Å². The number of ether oxygens (including phenoxy) is 1. The van der Waals surface area contributed by atoms with E-state index in [1.54, 1.807) is 6.92 Å². The molecule has 0 heterocycles. The molecule has 4 heteroatoms. The van der Waals surface area contributed by atoms with Crippen molar-refractivity contribution in [3.05, 3.63) is 21.7 Å². The zero-order valence-electron chi connectivity index (χ0n) is 7.30. The molecule has 1 aromatic rings. The molecule has 0 aliphatic rings. The quantitative estimate of drug-likeness (QED) is 0.813. The molecule has 0 fully saturated rings. The van der Waals surface area contributed by atoms with Gasteiger partial charge >= 0.3 is 0 Å². The number of hydrogen-bond donors (Lipinski definition) is 1. The van der Waals surface area contributed by atoms with Gasteiger partial charge in [-0.25, -0.2) is 0 Å². The first-order valence-electron chi connectivity index (χ1n) is 3.63. The second-order valence-corrected chi connectivity index (χ2v) is 3.37. The van der Waals surface area contributed by atoms with E-state index in [-0.39, 0.29) is 11.3 Å². The van der Waals surface area contributed by atoms with Gasteiger partial charge in [-0.3, -0.25) is 4.79 Å². The van der Waals surface area contributed by atoms with Crippen LogP contribution in [0.2, 0.25) is 0 Å². The number of benzene rings is 1. The molecule has 0 unspecified atom stereocenters. The first-order chi connectivity index (χ1) is 6.11. The van der Waals surface area contributed by atoms with Crippen molar-refractivity contribution in [2.45, 2.75) is 6.92 Å². The van der Waals surface area contributed by atoms with Gasteiger partial charge < -0.3 is 9.84 Å². The Morgan fingerprint density at radius 3 is 2.69 bits per heavy atom. The van der Waals surface area contributed by atoms with Gasteiger partial charge in [-0.05, 0) is 28.9 Å². The van der Waals surface area contributed by atoms with Crippen LogP contribution in [-0.4, -0.2) is 18.5 Å². The van der Waals surface area contributed by atoms with Crippen LogP contribution >= 0.6 is 15.9 Å². The highest BCUT2D eigenvalue weighted by Gasteiger charge is 2.12. The molecule has 1 aromatic carbocycles. The summed E-state index contributed by atoms with van der Waals surface area (Å²) in [5.74, 6) is 0.528. The van der Waals surface area contributed by atoms with Crippen LogP contribution in [0.4, 0.5) is 0 Å². The van der Waals surface area contributed by atoms with Crippen molar-refractivity contribution in [1.82, 2.24) is 0 Å². The average Bonchev–Trinajstić information content (AvgIpc) is 2.15. The van der Waals surface area contributed by atoms with E-state index >= 15 is 0 Å². The van der Waals surface area contributed by atoms with Gasteiger partial charge in [-0.1, -0.05) is 0 Å². The molecular weight excluding hydrogens is 236 g/mol. The fourth-order valence-corrected chi connectivity index (χ4v) is 1.46. The van der Waals surface area contributed by atoms with Crippen LogP contribution in [0.25, 0.3) is 0 Å². The summed E-state index contributed by atoms with van der Waals surface area (Å²) in [6.45, 7) is 1.79. The number of aromatic hydroxyl groups is 1. The maximum Gasteiger partial charge on any atom is 0.153 e. The summed E-state index contributed by atoms with van der Waals surface area (Å²) < 4.78 is 5.52. The molecule has 0 amide bonds. The number of methoxy groups -OCH3 is 1. The van der Waals surface area contributed by atoms with Crippen molar-refractivity contribution < 1.29 is 14.6 Å². The van der Waals surface area contributed by atoms with Crippen LogP contribution in [-0.2, 0) is 0 Å². The summed E-state index contributed by atoms with van der Waals surface area (Å²) in [6, 6.07) is 1.50. The molecule has 70 valence electrons. The topological polar surface area (TPSA) is 46.5 Å². The lowest BCUT2D eigenvalue weighted by atomic mass is 10.1. The fourth-order valence-electron chi connectivity index (χ4n) is 1.03. The van der Waals surface area contributed by atoms with Crippen molar-refractivity contribution in [3.63, 3.8) is 0 Å². The highest BCUT2D eigenvalue weighted by Crippen LogP contribution is 2.36. The summed E-state index contributed by atoms with van der Waals surface area (Å²) in [4.78, 5) is 10.5. The average molecular weight is 245 g/mol. The van der Waals surface area contributed by atoms with E-state index in [2.05, 4.69) is 15.9 Å². The Kier molecular flexibility index (Phi) is 2.93. The molecule has 1 N–H and O–H groups in total. The Hall–Kier alpha value is -1.03. The monoisotopic (exact) mass is 244 g/mol. The third kappa shape index (κ3) is 1.67. The predicted octanol–water partition coefficient (Wildman–Crippen LogP) is 2.28. The number of hydrogen-bond acceptors (Lipinski definition) is 3. The van der Waals surface area contributed by atoms with E-state index in [1.807, 2.05) is 0 Å². The summed E-state index contributed by atoms with van der Waals surface area (Å²) >= 11 is 3.17. The van der Waals surface area contributed by atoms with Crippen molar-refractivity contribution in [1.29, 1.82) is 0 Å². The molecule has 0 saturated heterocycles. The zero-order valence-corrected chi connectivity index (χ0v) is 8.88. The smallest absolute Gasteiger partial charge is 0.153 e. The minimum Gasteiger partial charge on any atom is -0.506 e. The largest absolute Gasteiger partial charge is 0.506 e. The van der Waals surface area contributed by atoms with Gasteiger partial charge in [0.05, 0.1) is 17.1 Å². The van der Waals surface area contributed by atoms with Crippen LogP contribution in [0, 0.1) is 6.92 Å². The molecule has 0 spiro atoms. The van der Waals surface area contributed by atoms with E-state index in [0.29, 0.717) is 16.5 Å². The first-order valence-corrected chi connectivity index (χ1v) is 4.42. The Labute approximate surface area is 84.5 Å². The number of aldehydes is 1. The highest BCUT2D eigenvalue weighted by molar-refractivity contribution is 9.10. The zero-order chi connectivity index (χ0) is 10.0. The summed E-state index contributed by atoms with van der Waals surface area (Å²) in [5.41, 5.74) is 0.986. The number of rotatable bonds is 2. The fraction of sp³-hybridized carbons (Fsp3) is 0.222. The molecule has 0 atom stereocenters. The second-order valence-electron chi connectivity index (χ2n) is 2.57. The van der Waals surface area contributed by atoms with E-state index in [9.17, 15) is 9.90 Å². The SMILES string of the molecule is COc1cc(C=O)c(O)c(Br)c1C. The standard InChI is InChI=1S/C9H9BrO3/c1-5-7(13-2)3-6(4-11)9(12)8(5)10/h3-4,12H,1-2H3. The molecule has 0 aliphatic heterocycles. The second kappa shape index (κ2) is 3.79. The maximum absolute atomic E-state index is 10.5. The number of halogens is 1. The Balaban J connectivity index is 3.45. The Morgan fingerprint density at radius 1 is 1.62 bits per heavy atom. The molecule has 3 nitrogen and oxygen atoms in total. The number of phenolic OH excluding ortho intramolecular Hbond substituents is 1.